The molecule has 0 aliphatic rings. The Morgan fingerprint density at radius 1 is 1.25 bits per heavy atom. The minimum atomic E-state index is -0.230. The number of nitrogens with zero attached hydrogens (tertiary/aromatic N) is 2. The van der Waals surface area contributed by atoms with Gasteiger partial charge in [-0.3, -0.25) is 4.79 Å². The monoisotopic (exact) mass is 329 g/mol. The first-order chi connectivity index (χ1) is 11.6. The second-order valence-corrected chi connectivity index (χ2v) is 5.81. The number of carbonyl (C=O) groups is 1. The number of halogens is 1. The summed E-state index contributed by atoms with van der Waals surface area (Å²) >= 11 is 0. The van der Waals surface area contributed by atoms with Crippen LogP contribution in [0, 0.1) is 5.82 Å². The molecule has 0 fully saturated rings. The van der Waals surface area contributed by atoms with Crippen molar-refractivity contribution in [1.82, 2.24) is 9.88 Å². The number of anilines is 1. The first-order valence-corrected chi connectivity index (χ1v) is 8.30. The molecule has 2 aromatic rings. The van der Waals surface area contributed by atoms with Gasteiger partial charge in [0.15, 0.2) is 0 Å². The Balaban J connectivity index is 1.90. The van der Waals surface area contributed by atoms with Gasteiger partial charge in [-0.15, -0.1) is 0 Å². The zero-order valence-corrected chi connectivity index (χ0v) is 14.3. The number of hydrogen-bond acceptors (Lipinski definition) is 3. The Morgan fingerprint density at radius 2 is 2.00 bits per heavy atom. The lowest BCUT2D eigenvalue weighted by molar-refractivity contribution is 0.0793. The van der Waals surface area contributed by atoms with Crippen LogP contribution in [-0.2, 0) is 6.42 Å². The Labute approximate surface area is 142 Å². The average Bonchev–Trinajstić information content (AvgIpc) is 2.61. The van der Waals surface area contributed by atoms with E-state index in [2.05, 4.69) is 17.2 Å². The van der Waals surface area contributed by atoms with E-state index in [9.17, 15) is 9.18 Å². The van der Waals surface area contributed by atoms with Gasteiger partial charge in [-0.1, -0.05) is 25.5 Å². The van der Waals surface area contributed by atoms with Gasteiger partial charge in [-0.05, 0) is 42.7 Å². The molecule has 1 amide bonds. The van der Waals surface area contributed by atoms with Gasteiger partial charge in [-0.25, -0.2) is 9.37 Å². The molecule has 1 aromatic heterocycles. The predicted octanol–water partition coefficient (Wildman–Crippen LogP) is 3.75. The SMILES string of the molecule is CCCCN(C)C(=O)c1ccnc(NCCc2ccc(F)cc2)c1. The summed E-state index contributed by atoms with van der Waals surface area (Å²) < 4.78 is 12.9. The summed E-state index contributed by atoms with van der Waals surface area (Å²) in [7, 11) is 1.82. The lowest BCUT2D eigenvalue weighted by atomic mass is 10.1. The van der Waals surface area contributed by atoms with Gasteiger partial charge in [0.25, 0.3) is 5.91 Å². The van der Waals surface area contributed by atoms with Crippen LogP contribution in [-0.4, -0.2) is 35.9 Å². The van der Waals surface area contributed by atoms with E-state index in [4.69, 9.17) is 0 Å². The van der Waals surface area contributed by atoms with Gasteiger partial charge >= 0.3 is 0 Å². The second-order valence-electron chi connectivity index (χ2n) is 5.81. The van der Waals surface area contributed by atoms with Crippen LogP contribution in [0.4, 0.5) is 10.2 Å². The van der Waals surface area contributed by atoms with E-state index in [0.29, 0.717) is 17.9 Å². The molecule has 2 rings (SSSR count). The Hall–Kier alpha value is -2.43. The van der Waals surface area contributed by atoms with E-state index in [-0.39, 0.29) is 11.7 Å². The number of carbonyl (C=O) groups excluding carboxylic acids is 1. The van der Waals surface area contributed by atoms with Gasteiger partial charge in [0.05, 0.1) is 0 Å². The highest BCUT2D eigenvalue weighted by Gasteiger charge is 2.11. The molecule has 4 nitrogen and oxygen atoms in total. The Kier molecular flexibility index (Phi) is 6.73. The Morgan fingerprint density at radius 3 is 2.71 bits per heavy atom. The maximum absolute atomic E-state index is 12.9. The molecule has 0 aliphatic carbocycles. The number of nitrogens with one attached hydrogen (secondary N) is 1. The normalized spacial score (nSPS) is 10.5. The molecule has 5 heteroatoms. The number of benzene rings is 1. The summed E-state index contributed by atoms with van der Waals surface area (Å²) in [5.41, 5.74) is 1.68. The molecule has 1 heterocycles. The molecule has 0 saturated carbocycles. The van der Waals surface area contributed by atoms with Crippen molar-refractivity contribution >= 4 is 11.7 Å². The van der Waals surface area contributed by atoms with Crippen molar-refractivity contribution in [2.75, 3.05) is 25.5 Å². The molecule has 0 radical (unpaired) electrons. The van der Waals surface area contributed by atoms with E-state index in [1.54, 1.807) is 35.4 Å². The highest BCUT2D eigenvalue weighted by atomic mass is 19.1. The lowest BCUT2D eigenvalue weighted by Crippen LogP contribution is -2.27. The van der Waals surface area contributed by atoms with Crippen LogP contribution < -0.4 is 5.32 Å². The van der Waals surface area contributed by atoms with E-state index in [1.165, 1.54) is 12.1 Å². The summed E-state index contributed by atoms with van der Waals surface area (Å²) in [6.07, 6.45) is 4.46. The summed E-state index contributed by atoms with van der Waals surface area (Å²) in [5.74, 6) is 0.450. The Bertz CT molecular complexity index is 658. The molecule has 0 saturated heterocycles. The van der Waals surface area contributed by atoms with E-state index in [0.717, 1.165) is 31.4 Å². The average molecular weight is 329 g/mol. The third kappa shape index (κ3) is 5.33. The minimum absolute atomic E-state index is 0.00688. The summed E-state index contributed by atoms with van der Waals surface area (Å²) in [6, 6.07) is 9.96. The molecule has 1 N–H and O–H groups in total. The van der Waals surface area contributed by atoms with Gasteiger partial charge in [0.2, 0.25) is 0 Å². The van der Waals surface area contributed by atoms with Crippen molar-refractivity contribution in [3.05, 3.63) is 59.5 Å². The third-order valence-electron chi connectivity index (χ3n) is 3.83. The van der Waals surface area contributed by atoms with E-state index >= 15 is 0 Å². The standard InChI is InChI=1S/C19H24FN3O/c1-3-4-13-23(2)19(24)16-10-12-22-18(14-16)21-11-9-15-5-7-17(20)8-6-15/h5-8,10,12,14H,3-4,9,11,13H2,1-2H3,(H,21,22). The fourth-order valence-electron chi connectivity index (χ4n) is 2.36. The number of unbranched alkanes of at least 4 members (excludes halogenated alkanes) is 1. The maximum Gasteiger partial charge on any atom is 0.253 e. The molecule has 0 bridgehead atoms. The van der Waals surface area contributed by atoms with Crippen molar-refractivity contribution < 1.29 is 9.18 Å². The zero-order chi connectivity index (χ0) is 17.4. The van der Waals surface area contributed by atoms with Crippen LogP contribution in [0.5, 0.6) is 0 Å². The van der Waals surface area contributed by atoms with Crippen LogP contribution in [0.1, 0.15) is 35.7 Å². The summed E-state index contributed by atoms with van der Waals surface area (Å²) in [5, 5.41) is 3.21. The molecule has 0 unspecified atom stereocenters. The van der Waals surface area contributed by atoms with Gasteiger partial charge in [-0.2, -0.15) is 0 Å². The molecule has 0 aliphatic heterocycles. The van der Waals surface area contributed by atoms with E-state index < -0.39 is 0 Å². The summed E-state index contributed by atoms with van der Waals surface area (Å²) in [4.78, 5) is 18.3. The quantitative estimate of drug-likeness (QED) is 0.802. The molecular formula is C19H24FN3O. The predicted molar refractivity (Wildman–Crippen MR) is 94.7 cm³/mol. The maximum atomic E-state index is 12.9. The number of rotatable bonds is 8. The van der Waals surface area contributed by atoms with Gasteiger partial charge in [0, 0.05) is 31.9 Å². The highest BCUT2D eigenvalue weighted by Crippen LogP contribution is 2.10. The number of amides is 1. The fraction of sp³-hybridized carbons (Fsp3) is 0.368. The molecule has 24 heavy (non-hydrogen) atoms. The molecule has 1 aromatic carbocycles. The first-order valence-electron chi connectivity index (χ1n) is 8.30. The van der Waals surface area contributed by atoms with Crippen molar-refractivity contribution in [2.24, 2.45) is 0 Å². The van der Waals surface area contributed by atoms with E-state index in [1.807, 2.05) is 7.05 Å². The van der Waals surface area contributed by atoms with Crippen molar-refractivity contribution in [3.8, 4) is 0 Å². The van der Waals surface area contributed by atoms with Crippen LogP contribution >= 0.6 is 0 Å². The van der Waals surface area contributed by atoms with Crippen molar-refractivity contribution in [3.63, 3.8) is 0 Å². The number of pyridine rings is 1. The number of aromatic nitrogens is 1. The molecule has 0 spiro atoms. The van der Waals surface area contributed by atoms with Crippen molar-refractivity contribution in [2.45, 2.75) is 26.2 Å². The van der Waals surface area contributed by atoms with Gasteiger partial charge in [0.1, 0.15) is 11.6 Å². The lowest BCUT2D eigenvalue weighted by Gasteiger charge is -2.17. The van der Waals surface area contributed by atoms with Crippen LogP contribution in [0.3, 0.4) is 0 Å². The smallest absolute Gasteiger partial charge is 0.253 e. The summed E-state index contributed by atoms with van der Waals surface area (Å²) in [6.45, 7) is 3.53. The number of hydrogen-bond donors (Lipinski definition) is 1. The molecule has 128 valence electrons. The third-order valence-corrected chi connectivity index (χ3v) is 3.83. The largest absolute Gasteiger partial charge is 0.370 e. The van der Waals surface area contributed by atoms with Crippen LogP contribution in [0.2, 0.25) is 0 Å². The van der Waals surface area contributed by atoms with Crippen LogP contribution in [0.25, 0.3) is 0 Å². The zero-order valence-electron chi connectivity index (χ0n) is 14.3. The molecule has 0 atom stereocenters. The van der Waals surface area contributed by atoms with Gasteiger partial charge < -0.3 is 10.2 Å². The fourth-order valence-corrected chi connectivity index (χ4v) is 2.36. The first kappa shape index (κ1) is 17.9. The second kappa shape index (κ2) is 9.01. The highest BCUT2D eigenvalue weighted by molar-refractivity contribution is 5.94. The van der Waals surface area contributed by atoms with Crippen molar-refractivity contribution in [1.29, 1.82) is 0 Å². The van der Waals surface area contributed by atoms with Crippen LogP contribution in [0.15, 0.2) is 42.6 Å². The molecular weight excluding hydrogens is 305 g/mol. The topological polar surface area (TPSA) is 45.2 Å². The minimum Gasteiger partial charge on any atom is -0.370 e.